The standard InChI is InChI=1S/C10H20N4O3S/c1-13-8-6-11-10(13)4-5-12-18(16,17)14(2)7-3-9-15/h6,8,12,15H,3-5,7,9H2,1-2H3. The van der Waals surface area contributed by atoms with Gasteiger partial charge in [0.15, 0.2) is 0 Å². The molecule has 2 N–H and O–H groups in total. The molecule has 0 saturated heterocycles. The van der Waals surface area contributed by atoms with Crippen LogP contribution >= 0.6 is 0 Å². The third kappa shape index (κ3) is 4.37. The Bertz CT molecular complexity index is 457. The molecule has 0 aromatic carbocycles. The summed E-state index contributed by atoms with van der Waals surface area (Å²) in [5.41, 5.74) is 0. The van der Waals surface area contributed by atoms with Gasteiger partial charge in [-0.05, 0) is 6.42 Å². The second-order valence-electron chi connectivity index (χ2n) is 4.00. The highest BCUT2D eigenvalue weighted by molar-refractivity contribution is 7.87. The molecule has 1 rings (SSSR count). The quantitative estimate of drug-likeness (QED) is 0.645. The van der Waals surface area contributed by atoms with Crippen LogP contribution in [0.3, 0.4) is 0 Å². The fraction of sp³-hybridized carbons (Fsp3) is 0.700. The van der Waals surface area contributed by atoms with Crippen LogP contribution in [0, 0.1) is 0 Å². The molecule has 0 aliphatic carbocycles. The Labute approximate surface area is 108 Å². The molecule has 0 aliphatic rings. The smallest absolute Gasteiger partial charge is 0.279 e. The second kappa shape index (κ2) is 6.83. The van der Waals surface area contributed by atoms with E-state index in [2.05, 4.69) is 9.71 Å². The molecule has 0 saturated carbocycles. The molecule has 7 nitrogen and oxygen atoms in total. The van der Waals surface area contributed by atoms with Crippen molar-refractivity contribution in [2.75, 3.05) is 26.7 Å². The summed E-state index contributed by atoms with van der Waals surface area (Å²) < 4.78 is 29.1. The molecule has 0 bridgehead atoms. The molecule has 0 aliphatic heterocycles. The number of aliphatic hydroxyl groups excluding tert-OH is 1. The third-order valence-electron chi connectivity index (χ3n) is 2.60. The molecule has 1 aromatic rings. The molecule has 0 radical (unpaired) electrons. The maximum Gasteiger partial charge on any atom is 0.279 e. The number of hydrogen-bond acceptors (Lipinski definition) is 4. The maximum atomic E-state index is 11.8. The number of aryl methyl sites for hydroxylation is 1. The van der Waals surface area contributed by atoms with Crippen LogP contribution < -0.4 is 4.72 Å². The lowest BCUT2D eigenvalue weighted by atomic mass is 10.4. The first-order valence-corrected chi connectivity index (χ1v) is 7.19. The topological polar surface area (TPSA) is 87.5 Å². The first-order chi connectivity index (χ1) is 8.47. The monoisotopic (exact) mass is 276 g/mol. The Kier molecular flexibility index (Phi) is 5.73. The van der Waals surface area contributed by atoms with E-state index >= 15 is 0 Å². The minimum absolute atomic E-state index is 0.0207. The molecule has 8 heteroatoms. The number of aromatic nitrogens is 2. The van der Waals surface area contributed by atoms with E-state index < -0.39 is 10.2 Å². The van der Waals surface area contributed by atoms with Crippen LogP contribution in [0.15, 0.2) is 12.4 Å². The van der Waals surface area contributed by atoms with Crippen LogP contribution in [0.5, 0.6) is 0 Å². The zero-order valence-electron chi connectivity index (χ0n) is 10.7. The zero-order valence-corrected chi connectivity index (χ0v) is 11.5. The van der Waals surface area contributed by atoms with E-state index in [-0.39, 0.29) is 6.61 Å². The summed E-state index contributed by atoms with van der Waals surface area (Å²) in [7, 11) is -0.113. The predicted octanol–water partition coefficient (Wildman–Crippen LogP) is -0.889. The predicted molar refractivity (Wildman–Crippen MR) is 68.2 cm³/mol. The van der Waals surface area contributed by atoms with Gasteiger partial charge in [-0.15, -0.1) is 0 Å². The molecule has 0 fully saturated rings. The highest BCUT2D eigenvalue weighted by Crippen LogP contribution is 1.98. The van der Waals surface area contributed by atoms with Crippen molar-refractivity contribution in [2.24, 2.45) is 7.05 Å². The van der Waals surface area contributed by atoms with E-state index in [1.807, 2.05) is 17.8 Å². The molecule has 0 unspecified atom stereocenters. The highest BCUT2D eigenvalue weighted by Gasteiger charge is 2.16. The minimum atomic E-state index is -3.46. The Morgan fingerprint density at radius 3 is 2.83 bits per heavy atom. The SMILES string of the molecule is CN(CCCO)S(=O)(=O)NCCc1nccn1C. The molecule has 0 amide bonds. The van der Waals surface area contributed by atoms with Gasteiger partial charge in [0, 0.05) is 52.6 Å². The number of imidazole rings is 1. The first kappa shape index (κ1) is 15.1. The van der Waals surface area contributed by atoms with Crippen molar-refractivity contribution in [2.45, 2.75) is 12.8 Å². The van der Waals surface area contributed by atoms with Crippen LogP contribution in [0.1, 0.15) is 12.2 Å². The van der Waals surface area contributed by atoms with Gasteiger partial charge in [-0.25, -0.2) is 9.71 Å². The molecule has 0 spiro atoms. The lowest BCUT2D eigenvalue weighted by molar-refractivity contribution is 0.275. The lowest BCUT2D eigenvalue weighted by Crippen LogP contribution is -2.39. The Morgan fingerprint density at radius 1 is 1.56 bits per heavy atom. The number of nitrogens with one attached hydrogen (secondary N) is 1. The number of rotatable bonds is 8. The second-order valence-corrected chi connectivity index (χ2v) is 5.86. The minimum Gasteiger partial charge on any atom is -0.396 e. The van der Waals surface area contributed by atoms with Gasteiger partial charge in [0.2, 0.25) is 0 Å². The van der Waals surface area contributed by atoms with Crippen molar-refractivity contribution < 1.29 is 13.5 Å². The van der Waals surface area contributed by atoms with Crippen LogP contribution in [0.4, 0.5) is 0 Å². The van der Waals surface area contributed by atoms with Gasteiger partial charge in [0.1, 0.15) is 5.82 Å². The van der Waals surface area contributed by atoms with E-state index in [0.717, 1.165) is 5.82 Å². The average molecular weight is 276 g/mol. The molecular formula is C10H20N4O3S. The molecule has 0 atom stereocenters. The van der Waals surface area contributed by atoms with E-state index in [0.29, 0.717) is 25.9 Å². The van der Waals surface area contributed by atoms with Gasteiger partial charge in [0.05, 0.1) is 0 Å². The molecule has 1 heterocycles. The maximum absolute atomic E-state index is 11.8. The Hall–Kier alpha value is -0.960. The zero-order chi connectivity index (χ0) is 13.6. The van der Waals surface area contributed by atoms with Crippen LogP contribution in [0.25, 0.3) is 0 Å². The summed E-state index contributed by atoms with van der Waals surface area (Å²) in [4.78, 5) is 4.11. The van der Waals surface area contributed by atoms with Gasteiger partial charge in [-0.2, -0.15) is 12.7 Å². The van der Waals surface area contributed by atoms with E-state index in [1.165, 1.54) is 11.4 Å². The van der Waals surface area contributed by atoms with Crippen molar-refractivity contribution in [3.8, 4) is 0 Å². The first-order valence-electron chi connectivity index (χ1n) is 5.75. The molecule has 18 heavy (non-hydrogen) atoms. The fourth-order valence-corrected chi connectivity index (χ4v) is 2.40. The van der Waals surface area contributed by atoms with Gasteiger partial charge in [-0.3, -0.25) is 0 Å². The van der Waals surface area contributed by atoms with Crippen LogP contribution in [-0.4, -0.2) is 54.1 Å². The lowest BCUT2D eigenvalue weighted by Gasteiger charge is -2.16. The van der Waals surface area contributed by atoms with Crippen molar-refractivity contribution in [1.29, 1.82) is 0 Å². The van der Waals surface area contributed by atoms with Gasteiger partial charge in [0.25, 0.3) is 10.2 Å². The molecule has 104 valence electrons. The van der Waals surface area contributed by atoms with Crippen molar-refractivity contribution in [3.63, 3.8) is 0 Å². The molecular weight excluding hydrogens is 256 g/mol. The Balaban J connectivity index is 2.40. The summed E-state index contributed by atoms with van der Waals surface area (Å²) in [5, 5.41) is 8.66. The van der Waals surface area contributed by atoms with Crippen LogP contribution in [-0.2, 0) is 23.7 Å². The number of hydrogen-bond donors (Lipinski definition) is 2. The van der Waals surface area contributed by atoms with Gasteiger partial charge < -0.3 is 9.67 Å². The summed E-state index contributed by atoms with van der Waals surface area (Å²) >= 11 is 0. The summed E-state index contributed by atoms with van der Waals surface area (Å²) in [5.74, 6) is 0.829. The van der Waals surface area contributed by atoms with Crippen molar-refractivity contribution in [3.05, 3.63) is 18.2 Å². The van der Waals surface area contributed by atoms with Crippen LogP contribution in [0.2, 0.25) is 0 Å². The summed E-state index contributed by atoms with van der Waals surface area (Å²) in [6.07, 6.45) is 4.46. The fourth-order valence-electron chi connectivity index (χ4n) is 1.45. The van der Waals surface area contributed by atoms with E-state index in [4.69, 9.17) is 5.11 Å². The average Bonchev–Trinajstić information content (AvgIpc) is 2.72. The normalized spacial score (nSPS) is 12.2. The summed E-state index contributed by atoms with van der Waals surface area (Å²) in [6.45, 7) is 0.581. The van der Waals surface area contributed by atoms with Crippen molar-refractivity contribution in [1.82, 2.24) is 18.6 Å². The van der Waals surface area contributed by atoms with E-state index in [9.17, 15) is 8.42 Å². The molecule has 1 aromatic heterocycles. The third-order valence-corrected chi connectivity index (χ3v) is 4.17. The van der Waals surface area contributed by atoms with Crippen molar-refractivity contribution >= 4 is 10.2 Å². The van der Waals surface area contributed by atoms with Gasteiger partial charge >= 0.3 is 0 Å². The highest BCUT2D eigenvalue weighted by atomic mass is 32.2. The summed E-state index contributed by atoms with van der Waals surface area (Å²) in [6, 6.07) is 0. The van der Waals surface area contributed by atoms with E-state index in [1.54, 1.807) is 6.20 Å². The Morgan fingerprint density at radius 2 is 2.28 bits per heavy atom. The van der Waals surface area contributed by atoms with Gasteiger partial charge in [-0.1, -0.05) is 0 Å². The number of aliphatic hydroxyl groups is 1. The number of nitrogens with zero attached hydrogens (tertiary/aromatic N) is 3. The largest absolute Gasteiger partial charge is 0.396 e.